The molecule has 0 aliphatic rings. The Bertz CT molecular complexity index is 335. The Labute approximate surface area is 104 Å². The molecule has 0 spiro atoms. The molecule has 1 aromatic carbocycles. The fourth-order valence-corrected chi connectivity index (χ4v) is 1.94. The Morgan fingerprint density at radius 1 is 1.35 bits per heavy atom. The number of nitrogens with two attached hydrogens (primary N) is 1. The highest BCUT2D eigenvalue weighted by atomic mass is 16.5. The molecule has 0 aromatic heterocycles. The smallest absolute Gasteiger partial charge is 0.118 e. The van der Waals surface area contributed by atoms with Crippen molar-refractivity contribution in [3.63, 3.8) is 0 Å². The van der Waals surface area contributed by atoms with Gasteiger partial charge < -0.3 is 15.6 Å². The van der Waals surface area contributed by atoms with Gasteiger partial charge in [0.1, 0.15) is 5.75 Å². The standard InChI is InChI=1S/C14H23NO2/c1-11(15)14(2,8-9-16)10-12-4-6-13(17-3)7-5-12/h4-7,11,16H,8-10,15H2,1-3H3. The van der Waals surface area contributed by atoms with E-state index in [2.05, 4.69) is 19.1 Å². The maximum Gasteiger partial charge on any atom is 0.118 e. The van der Waals surface area contributed by atoms with Crippen molar-refractivity contribution in [3.8, 4) is 5.75 Å². The van der Waals surface area contributed by atoms with Gasteiger partial charge in [-0.1, -0.05) is 19.1 Å². The monoisotopic (exact) mass is 237 g/mol. The number of ether oxygens (including phenoxy) is 1. The Morgan fingerprint density at radius 2 is 1.94 bits per heavy atom. The van der Waals surface area contributed by atoms with E-state index in [-0.39, 0.29) is 18.1 Å². The summed E-state index contributed by atoms with van der Waals surface area (Å²) in [7, 11) is 1.66. The summed E-state index contributed by atoms with van der Waals surface area (Å²) >= 11 is 0. The average molecular weight is 237 g/mol. The Kier molecular flexibility index (Phi) is 4.97. The lowest BCUT2D eigenvalue weighted by molar-refractivity contribution is 0.171. The van der Waals surface area contributed by atoms with Crippen LogP contribution in [0, 0.1) is 5.41 Å². The molecular weight excluding hydrogens is 214 g/mol. The molecule has 0 heterocycles. The van der Waals surface area contributed by atoms with Crippen LogP contribution in [0.3, 0.4) is 0 Å². The number of benzene rings is 1. The van der Waals surface area contributed by atoms with Crippen molar-refractivity contribution in [1.82, 2.24) is 0 Å². The van der Waals surface area contributed by atoms with Crippen LogP contribution in [-0.2, 0) is 6.42 Å². The van der Waals surface area contributed by atoms with Crippen LogP contribution in [0.25, 0.3) is 0 Å². The van der Waals surface area contributed by atoms with Crippen molar-refractivity contribution in [2.24, 2.45) is 11.1 Å². The molecule has 96 valence electrons. The van der Waals surface area contributed by atoms with Crippen molar-refractivity contribution in [2.45, 2.75) is 32.7 Å². The van der Waals surface area contributed by atoms with E-state index < -0.39 is 0 Å². The number of aliphatic hydroxyl groups excluding tert-OH is 1. The molecular formula is C14H23NO2. The van der Waals surface area contributed by atoms with Crippen molar-refractivity contribution in [3.05, 3.63) is 29.8 Å². The first-order valence-electron chi connectivity index (χ1n) is 6.01. The minimum Gasteiger partial charge on any atom is -0.497 e. The van der Waals surface area contributed by atoms with E-state index in [0.717, 1.165) is 18.6 Å². The van der Waals surface area contributed by atoms with E-state index in [1.54, 1.807) is 7.11 Å². The molecule has 0 aliphatic heterocycles. The summed E-state index contributed by atoms with van der Waals surface area (Å²) < 4.78 is 5.13. The third-order valence-corrected chi connectivity index (χ3v) is 3.55. The molecule has 0 fully saturated rings. The van der Waals surface area contributed by atoms with Gasteiger partial charge in [0.05, 0.1) is 7.11 Å². The highest BCUT2D eigenvalue weighted by Crippen LogP contribution is 2.30. The van der Waals surface area contributed by atoms with Crippen LogP contribution < -0.4 is 10.5 Å². The first-order chi connectivity index (χ1) is 8.01. The van der Waals surface area contributed by atoms with Gasteiger partial charge in [-0.15, -0.1) is 0 Å². The zero-order valence-corrected chi connectivity index (χ0v) is 10.9. The van der Waals surface area contributed by atoms with Gasteiger partial charge >= 0.3 is 0 Å². The minimum absolute atomic E-state index is 0.0525. The quantitative estimate of drug-likeness (QED) is 0.795. The van der Waals surface area contributed by atoms with E-state index in [1.807, 2.05) is 19.1 Å². The van der Waals surface area contributed by atoms with Gasteiger partial charge in [0, 0.05) is 12.6 Å². The van der Waals surface area contributed by atoms with Gasteiger partial charge in [0.2, 0.25) is 0 Å². The maximum absolute atomic E-state index is 9.14. The normalized spacial score (nSPS) is 16.3. The van der Waals surface area contributed by atoms with Gasteiger partial charge in [-0.2, -0.15) is 0 Å². The second kappa shape index (κ2) is 6.03. The molecule has 0 bridgehead atoms. The fourth-order valence-electron chi connectivity index (χ4n) is 1.94. The fraction of sp³-hybridized carbons (Fsp3) is 0.571. The summed E-state index contributed by atoms with van der Waals surface area (Å²) in [6.45, 7) is 4.30. The summed E-state index contributed by atoms with van der Waals surface area (Å²) in [5.41, 5.74) is 7.18. The second-order valence-corrected chi connectivity index (χ2v) is 4.94. The van der Waals surface area contributed by atoms with Crippen molar-refractivity contribution in [2.75, 3.05) is 13.7 Å². The Morgan fingerprint density at radius 3 is 2.35 bits per heavy atom. The summed E-state index contributed by atoms with van der Waals surface area (Å²) in [4.78, 5) is 0. The number of hydrogen-bond acceptors (Lipinski definition) is 3. The van der Waals surface area contributed by atoms with Gasteiger partial charge in [-0.05, 0) is 42.9 Å². The topological polar surface area (TPSA) is 55.5 Å². The second-order valence-electron chi connectivity index (χ2n) is 4.94. The molecule has 0 saturated heterocycles. The Hall–Kier alpha value is -1.06. The van der Waals surface area contributed by atoms with Crippen molar-refractivity contribution >= 4 is 0 Å². The van der Waals surface area contributed by atoms with E-state index in [1.165, 1.54) is 5.56 Å². The van der Waals surface area contributed by atoms with Gasteiger partial charge in [-0.3, -0.25) is 0 Å². The van der Waals surface area contributed by atoms with Crippen LogP contribution in [0.4, 0.5) is 0 Å². The zero-order chi connectivity index (χ0) is 12.9. The predicted molar refractivity (Wildman–Crippen MR) is 70.2 cm³/mol. The molecule has 0 amide bonds. The summed E-state index contributed by atoms with van der Waals surface area (Å²) in [5, 5.41) is 9.14. The largest absolute Gasteiger partial charge is 0.497 e. The molecule has 17 heavy (non-hydrogen) atoms. The third kappa shape index (κ3) is 3.72. The lowest BCUT2D eigenvalue weighted by atomic mass is 9.75. The zero-order valence-electron chi connectivity index (χ0n) is 10.9. The summed E-state index contributed by atoms with van der Waals surface area (Å²) in [6.07, 6.45) is 1.59. The number of methoxy groups -OCH3 is 1. The lowest BCUT2D eigenvalue weighted by Crippen LogP contribution is -2.39. The first kappa shape index (κ1) is 14.0. The molecule has 0 radical (unpaired) electrons. The highest BCUT2D eigenvalue weighted by Gasteiger charge is 2.28. The van der Waals surface area contributed by atoms with E-state index in [4.69, 9.17) is 15.6 Å². The maximum atomic E-state index is 9.14. The summed E-state index contributed by atoms with van der Waals surface area (Å²) in [5.74, 6) is 0.860. The minimum atomic E-state index is -0.0661. The van der Waals surface area contributed by atoms with Gasteiger partial charge in [-0.25, -0.2) is 0 Å². The predicted octanol–water partition coefficient (Wildman–Crippen LogP) is 1.97. The molecule has 1 rings (SSSR count). The molecule has 0 saturated carbocycles. The van der Waals surface area contributed by atoms with Gasteiger partial charge in [0.15, 0.2) is 0 Å². The number of hydrogen-bond donors (Lipinski definition) is 2. The first-order valence-corrected chi connectivity index (χ1v) is 6.01. The van der Waals surface area contributed by atoms with Crippen molar-refractivity contribution < 1.29 is 9.84 Å². The van der Waals surface area contributed by atoms with E-state index >= 15 is 0 Å². The number of aliphatic hydroxyl groups is 1. The van der Waals surface area contributed by atoms with Crippen LogP contribution in [0.1, 0.15) is 25.8 Å². The molecule has 3 heteroatoms. The molecule has 2 atom stereocenters. The number of rotatable bonds is 6. The van der Waals surface area contributed by atoms with Crippen molar-refractivity contribution in [1.29, 1.82) is 0 Å². The third-order valence-electron chi connectivity index (χ3n) is 3.55. The molecule has 0 aliphatic carbocycles. The van der Waals surface area contributed by atoms with Crippen LogP contribution in [0.15, 0.2) is 24.3 Å². The highest BCUT2D eigenvalue weighted by molar-refractivity contribution is 5.28. The average Bonchev–Trinajstić information content (AvgIpc) is 2.30. The van der Waals surface area contributed by atoms with Crippen LogP contribution in [0.2, 0.25) is 0 Å². The molecule has 3 nitrogen and oxygen atoms in total. The van der Waals surface area contributed by atoms with Gasteiger partial charge in [0.25, 0.3) is 0 Å². The van der Waals surface area contributed by atoms with Crippen LogP contribution in [-0.4, -0.2) is 24.9 Å². The molecule has 2 unspecified atom stereocenters. The van der Waals surface area contributed by atoms with E-state index in [0.29, 0.717) is 0 Å². The molecule has 1 aromatic rings. The SMILES string of the molecule is COc1ccc(CC(C)(CCO)C(C)N)cc1. The van der Waals surface area contributed by atoms with Crippen LogP contribution in [0.5, 0.6) is 5.75 Å². The van der Waals surface area contributed by atoms with Crippen LogP contribution >= 0.6 is 0 Å². The lowest BCUT2D eigenvalue weighted by Gasteiger charge is -2.33. The molecule has 3 N–H and O–H groups in total. The van der Waals surface area contributed by atoms with E-state index in [9.17, 15) is 0 Å². The Balaban J connectivity index is 2.78. The summed E-state index contributed by atoms with van der Waals surface area (Å²) in [6, 6.07) is 8.07.